The molecule has 0 spiro atoms. The van der Waals surface area contributed by atoms with Crippen LogP contribution >= 0.6 is 27.3 Å². The van der Waals surface area contributed by atoms with Gasteiger partial charge >= 0.3 is 0 Å². The molecule has 6 nitrogen and oxygen atoms in total. The molecule has 1 aliphatic heterocycles. The van der Waals surface area contributed by atoms with E-state index in [1.807, 2.05) is 36.4 Å². The summed E-state index contributed by atoms with van der Waals surface area (Å²) in [5.41, 5.74) is 8.87. The molecule has 0 amide bonds. The third kappa shape index (κ3) is 2.66. The standard InChI is InChI=1S/C18H13BrN4O2S/c1-24-10-4-2-9(3-5-10)16-15-14(12-6-7-13(19)26-12)11(8-20)17(21)25-18(15)23-22-16/h2-7,14H,21H2,1H3,(H,22,23)/t14-/m1/s1. The van der Waals surface area contributed by atoms with Gasteiger partial charge in [0.2, 0.25) is 11.8 Å². The number of methoxy groups -OCH3 is 1. The lowest BCUT2D eigenvalue weighted by Crippen LogP contribution is -2.20. The Hall–Kier alpha value is -2.76. The van der Waals surface area contributed by atoms with Crippen LogP contribution in [-0.4, -0.2) is 17.3 Å². The summed E-state index contributed by atoms with van der Waals surface area (Å²) in [6.45, 7) is 0. The average Bonchev–Trinajstić information content (AvgIpc) is 3.26. The zero-order chi connectivity index (χ0) is 18.3. The Morgan fingerprint density at radius 2 is 2.08 bits per heavy atom. The summed E-state index contributed by atoms with van der Waals surface area (Å²) in [5, 5.41) is 17.0. The Balaban J connectivity index is 1.90. The first-order valence-electron chi connectivity index (χ1n) is 7.68. The van der Waals surface area contributed by atoms with Gasteiger partial charge in [0.1, 0.15) is 17.4 Å². The SMILES string of the molecule is COc1ccc(-c2[nH]nc3c2[C@@H](c2ccc(Br)s2)C(C#N)=C(N)O3)cc1. The lowest BCUT2D eigenvalue weighted by molar-refractivity contribution is 0.379. The highest BCUT2D eigenvalue weighted by Crippen LogP contribution is 2.47. The molecule has 3 N–H and O–H groups in total. The van der Waals surface area contributed by atoms with E-state index in [0.29, 0.717) is 11.5 Å². The summed E-state index contributed by atoms with van der Waals surface area (Å²) in [6.07, 6.45) is 0. The zero-order valence-electron chi connectivity index (χ0n) is 13.6. The molecule has 8 heteroatoms. The number of allylic oxidation sites excluding steroid dienone is 1. The summed E-state index contributed by atoms with van der Waals surface area (Å²) in [5.74, 6) is 0.902. The monoisotopic (exact) mass is 428 g/mol. The fourth-order valence-corrected chi connectivity index (χ4v) is 4.53. The van der Waals surface area contributed by atoms with E-state index in [2.05, 4.69) is 32.2 Å². The first kappa shape index (κ1) is 16.7. The van der Waals surface area contributed by atoms with Gasteiger partial charge in [-0.25, -0.2) is 0 Å². The van der Waals surface area contributed by atoms with Gasteiger partial charge in [-0.15, -0.1) is 16.4 Å². The number of fused-ring (bicyclic) bond motifs is 1. The highest BCUT2D eigenvalue weighted by atomic mass is 79.9. The second kappa shape index (κ2) is 6.52. The van der Waals surface area contributed by atoms with E-state index < -0.39 is 0 Å². The molecule has 3 aromatic rings. The third-order valence-electron chi connectivity index (χ3n) is 4.20. The molecule has 26 heavy (non-hydrogen) atoms. The smallest absolute Gasteiger partial charge is 0.244 e. The van der Waals surface area contributed by atoms with E-state index in [1.165, 1.54) is 0 Å². The van der Waals surface area contributed by atoms with Crippen molar-refractivity contribution in [2.45, 2.75) is 5.92 Å². The molecule has 4 rings (SSSR count). The number of thiophene rings is 1. The number of ether oxygens (including phenoxy) is 2. The molecule has 2 aromatic heterocycles. The highest BCUT2D eigenvalue weighted by molar-refractivity contribution is 9.11. The average molecular weight is 429 g/mol. The van der Waals surface area contributed by atoms with Crippen LogP contribution in [0.1, 0.15) is 16.4 Å². The molecule has 0 bridgehead atoms. The number of hydrogen-bond acceptors (Lipinski definition) is 6. The van der Waals surface area contributed by atoms with Gasteiger partial charge in [0.05, 0.1) is 28.1 Å². The Morgan fingerprint density at radius 1 is 1.31 bits per heavy atom. The fraction of sp³-hybridized carbons (Fsp3) is 0.111. The summed E-state index contributed by atoms with van der Waals surface area (Å²) in [4.78, 5) is 0.983. The van der Waals surface area contributed by atoms with E-state index in [0.717, 1.165) is 31.2 Å². The lowest BCUT2D eigenvalue weighted by atomic mass is 9.87. The van der Waals surface area contributed by atoms with E-state index in [1.54, 1.807) is 18.4 Å². The Bertz CT molecular complexity index is 1050. The van der Waals surface area contributed by atoms with Crippen molar-refractivity contribution in [3.05, 3.63) is 62.1 Å². The summed E-state index contributed by atoms with van der Waals surface area (Å²) >= 11 is 5.04. The number of halogens is 1. The number of nitrogens with zero attached hydrogens (tertiary/aromatic N) is 2. The predicted octanol–water partition coefficient (Wildman–Crippen LogP) is 4.13. The van der Waals surface area contributed by atoms with Crippen LogP contribution in [-0.2, 0) is 0 Å². The van der Waals surface area contributed by atoms with Crippen LogP contribution in [0, 0.1) is 11.3 Å². The minimum Gasteiger partial charge on any atom is -0.497 e. The summed E-state index contributed by atoms with van der Waals surface area (Å²) in [7, 11) is 1.62. The van der Waals surface area contributed by atoms with Crippen molar-refractivity contribution >= 4 is 27.3 Å². The Morgan fingerprint density at radius 3 is 2.69 bits per heavy atom. The molecular weight excluding hydrogens is 416 g/mol. The summed E-state index contributed by atoms with van der Waals surface area (Å²) in [6, 6.07) is 13.7. The minimum absolute atomic E-state index is 0.0855. The van der Waals surface area contributed by atoms with E-state index in [9.17, 15) is 5.26 Å². The molecule has 0 saturated carbocycles. The van der Waals surface area contributed by atoms with Crippen LogP contribution in [0.5, 0.6) is 11.6 Å². The Labute approximate surface area is 162 Å². The molecule has 1 atom stereocenters. The van der Waals surface area contributed by atoms with Crippen LogP contribution in [0.3, 0.4) is 0 Å². The number of H-pyrrole nitrogens is 1. The number of aromatic nitrogens is 2. The lowest BCUT2D eigenvalue weighted by Gasteiger charge is -2.22. The predicted molar refractivity (Wildman–Crippen MR) is 102 cm³/mol. The van der Waals surface area contributed by atoms with Gasteiger partial charge in [-0.3, -0.25) is 5.10 Å². The number of hydrogen-bond donors (Lipinski definition) is 2. The van der Waals surface area contributed by atoms with Crippen LogP contribution in [0.2, 0.25) is 0 Å². The van der Waals surface area contributed by atoms with E-state index in [-0.39, 0.29) is 11.8 Å². The number of nitriles is 1. The molecular formula is C18H13BrN4O2S. The van der Waals surface area contributed by atoms with Crippen molar-refractivity contribution in [3.63, 3.8) is 0 Å². The molecule has 130 valence electrons. The van der Waals surface area contributed by atoms with Crippen LogP contribution < -0.4 is 15.2 Å². The van der Waals surface area contributed by atoms with Crippen molar-refractivity contribution < 1.29 is 9.47 Å². The van der Waals surface area contributed by atoms with Crippen molar-refractivity contribution in [1.82, 2.24) is 10.2 Å². The highest BCUT2D eigenvalue weighted by Gasteiger charge is 2.36. The van der Waals surface area contributed by atoms with Crippen molar-refractivity contribution in [2.75, 3.05) is 7.11 Å². The van der Waals surface area contributed by atoms with Gasteiger partial charge in [0.25, 0.3) is 0 Å². The van der Waals surface area contributed by atoms with Crippen molar-refractivity contribution in [2.24, 2.45) is 5.73 Å². The van der Waals surface area contributed by atoms with Gasteiger partial charge in [-0.2, -0.15) is 5.26 Å². The topological polar surface area (TPSA) is 97.0 Å². The molecule has 0 unspecified atom stereocenters. The van der Waals surface area contributed by atoms with Gasteiger partial charge in [-0.05, 0) is 52.3 Å². The van der Waals surface area contributed by atoms with Crippen molar-refractivity contribution in [1.29, 1.82) is 5.26 Å². The van der Waals surface area contributed by atoms with Crippen molar-refractivity contribution in [3.8, 4) is 29.0 Å². The van der Waals surface area contributed by atoms with Gasteiger partial charge in [0, 0.05) is 10.4 Å². The molecule has 0 saturated heterocycles. The number of aromatic amines is 1. The normalized spacial score (nSPS) is 16.0. The molecule has 0 aliphatic carbocycles. The molecule has 1 aromatic carbocycles. The molecule has 0 radical (unpaired) electrons. The van der Waals surface area contributed by atoms with Gasteiger partial charge < -0.3 is 15.2 Å². The zero-order valence-corrected chi connectivity index (χ0v) is 16.0. The first-order valence-corrected chi connectivity index (χ1v) is 9.28. The molecule has 1 aliphatic rings. The number of benzene rings is 1. The largest absolute Gasteiger partial charge is 0.497 e. The van der Waals surface area contributed by atoms with Crippen LogP contribution in [0.4, 0.5) is 0 Å². The van der Waals surface area contributed by atoms with Crippen LogP contribution in [0.15, 0.2) is 51.6 Å². The number of nitrogens with two attached hydrogens (primary N) is 1. The Kier molecular flexibility index (Phi) is 4.18. The minimum atomic E-state index is -0.337. The quantitative estimate of drug-likeness (QED) is 0.653. The first-order chi connectivity index (χ1) is 12.6. The summed E-state index contributed by atoms with van der Waals surface area (Å²) < 4.78 is 11.8. The molecule has 3 heterocycles. The van der Waals surface area contributed by atoms with Gasteiger partial charge in [-0.1, -0.05) is 0 Å². The maximum Gasteiger partial charge on any atom is 0.244 e. The van der Waals surface area contributed by atoms with E-state index in [4.69, 9.17) is 15.2 Å². The number of nitrogens with one attached hydrogen (secondary N) is 1. The van der Waals surface area contributed by atoms with Crippen LogP contribution in [0.25, 0.3) is 11.3 Å². The number of rotatable bonds is 3. The maximum absolute atomic E-state index is 9.67. The van der Waals surface area contributed by atoms with E-state index >= 15 is 0 Å². The fourth-order valence-electron chi connectivity index (χ4n) is 2.99. The molecule has 0 fully saturated rings. The third-order valence-corrected chi connectivity index (χ3v) is 5.88. The second-order valence-electron chi connectivity index (χ2n) is 5.61. The maximum atomic E-state index is 9.67. The second-order valence-corrected chi connectivity index (χ2v) is 8.11. The van der Waals surface area contributed by atoms with Gasteiger partial charge in [0.15, 0.2) is 0 Å².